The number of ether oxygens (including phenoxy) is 2. The van der Waals surface area contributed by atoms with E-state index in [0.717, 1.165) is 19.4 Å². The van der Waals surface area contributed by atoms with Crippen molar-refractivity contribution in [1.82, 2.24) is 5.43 Å². The minimum atomic E-state index is 0.256. The summed E-state index contributed by atoms with van der Waals surface area (Å²) in [6.45, 7) is 0.932. The van der Waals surface area contributed by atoms with Crippen LogP contribution >= 0.6 is 0 Å². The molecule has 0 aromatic rings. The topological polar surface area (TPSA) is 56.5 Å². The molecule has 19 heavy (non-hydrogen) atoms. The highest BCUT2D eigenvalue weighted by molar-refractivity contribution is 4.84. The van der Waals surface area contributed by atoms with Crippen LogP contribution in [0.15, 0.2) is 0 Å². The van der Waals surface area contributed by atoms with Gasteiger partial charge in [-0.1, -0.05) is 19.3 Å². The minimum absolute atomic E-state index is 0.256. The molecule has 0 bridgehead atoms. The van der Waals surface area contributed by atoms with Gasteiger partial charge in [0.25, 0.3) is 0 Å². The molecule has 3 atom stereocenters. The van der Waals surface area contributed by atoms with Gasteiger partial charge in [0.2, 0.25) is 0 Å². The van der Waals surface area contributed by atoms with Crippen LogP contribution in [-0.2, 0) is 9.47 Å². The van der Waals surface area contributed by atoms with E-state index < -0.39 is 0 Å². The molecule has 0 radical (unpaired) electrons. The van der Waals surface area contributed by atoms with Crippen LogP contribution in [0.4, 0.5) is 0 Å². The molecule has 2 rings (SSSR count). The van der Waals surface area contributed by atoms with Crippen LogP contribution in [0.25, 0.3) is 0 Å². The van der Waals surface area contributed by atoms with Gasteiger partial charge in [-0.25, -0.2) is 0 Å². The molecule has 1 saturated carbocycles. The first kappa shape index (κ1) is 15.2. The summed E-state index contributed by atoms with van der Waals surface area (Å²) in [5.41, 5.74) is 2.99. The Morgan fingerprint density at radius 3 is 2.58 bits per heavy atom. The fourth-order valence-electron chi connectivity index (χ4n) is 3.73. The number of nitrogens with one attached hydrogen (secondary N) is 1. The van der Waals surface area contributed by atoms with Crippen LogP contribution in [0.2, 0.25) is 0 Å². The minimum Gasteiger partial charge on any atom is -0.379 e. The Labute approximate surface area is 117 Å². The number of rotatable bonds is 7. The Kier molecular flexibility index (Phi) is 6.57. The van der Waals surface area contributed by atoms with Crippen LogP contribution < -0.4 is 11.3 Å². The first-order valence-corrected chi connectivity index (χ1v) is 7.95. The summed E-state index contributed by atoms with van der Waals surface area (Å²) in [6, 6.07) is 0.261. The molecule has 2 aliphatic rings. The van der Waals surface area contributed by atoms with E-state index in [2.05, 4.69) is 5.43 Å². The van der Waals surface area contributed by atoms with Gasteiger partial charge in [0.05, 0.1) is 12.2 Å². The summed E-state index contributed by atoms with van der Waals surface area (Å²) in [5, 5.41) is 0. The van der Waals surface area contributed by atoms with E-state index in [9.17, 15) is 0 Å². The maximum atomic E-state index is 5.77. The third-order valence-corrected chi connectivity index (χ3v) is 4.82. The summed E-state index contributed by atoms with van der Waals surface area (Å²) < 4.78 is 11.5. The zero-order valence-electron chi connectivity index (χ0n) is 12.3. The Morgan fingerprint density at radius 1 is 1.21 bits per heavy atom. The summed E-state index contributed by atoms with van der Waals surface area (Å²) in [6.07, 6.45) is 11.9. The fourth-order valence-corrected chi connectivity index (χ4v) is 3.73. The van der Waals surface area contributed by atoms with Crippen molar-refractivity contribution in [3.8, 4) is 0 Å². The third-order valence-electron chi connectivity index (χ3n) is 4.82. The van der Waals surface area contributed by atoms with E-state index in [-0.39, 0.29) is 12.1 Å². The van der Waals surface area contributed by atoms with E-state index >= 15 is 0 Å². The van der Waals surface area contributed by atoms with Gasteiger partial charge in [0, 0.05) is 19.8 Å². The average Bonchev–Trinajstić information content (AvgIpc) is 2.97. The molecule has 0 aromatic carbocycles. The molecule has 4 nitrogen and oxygen atoms in total. The van der Waals surface area contributed by atoms with Crippen molar-refractivity contribution in [3.05, 3.63) is 0 Å². The second kappa shape index (κ2) is 8.20. The van der Waals surface area contributed by atoms with Crippen molar-refractivity contribution < 1.29 is 9.47 Å². The largest absolute Gasteiger partial charge is 0.379 e. The fraction of sp³-hybridized carbons (Fsp3) is 1.00. The number of hydrogen-bond acceptors (Lipinski definition) is 4. The normalized spacial score (nSPS) is 28.4. The molecule has 3 unspecified atom stereocenters. The zero-order valence-corrected chi connectivity index (χ0v) is 12.3. The average molecular weight is 270 g/mol. The Morgan fingerprint density at radius 2 is 2.00 bits per heavy atom. The van der Waals surface area contributed by atoms with Crippen molar-refractivity contribution >= 4 is 0 Å². The van der Waals surface area contributed by atoms with Gasteiger partial charge >= 0.3 is 0 Å². The maximum Gasteiger partial charge on any atom is 0.0765 e. The molecule has 4 heteroatoms. The summed E-state index contributed by atoms with van der Waals surface area (Å²) in [7, 11) is 1.83. The molecular formula is C15H30N2O2. The van der Waals surface area contributed by atoms with Crippen molar-refractivity contribution in [3.63, 3.8) is 0 Å². The molecule has 112 valence electrons. The number of hydrazine groups is 1. The van der Waals surface area contributed by atoms with Gasteiger partial charge in [-0.2, -0.15) is 0 Å². The van der Waals surface area contributed by atoms with Crippen molar-refractivity contribution in [2.75, 3.05) is 13.7 Å². The first-order chi connectivity index (χ1) is 9.35. The lowest BCUT2D eigenvalue weighted by molar-refractivity contribution is 0.00118. The molecule has 2 fully saturated rings. The van der Waals surface area contributed by atoms with Crippen molar-refractivity contribution in [1.29, 1.82) is 0 Å². The maximum absolute atomic E-state index is 5.77. The van der Waals surface area contributed by atoms with Crippen molar-refractivity contribution in [2.45, 2.75) is 76.0 Å². The Bertz CT molecular complexity index is 238. The predicted octanol–water partition coefficient (Wildman–Crippen LogP) is 2.37. The number of nitrogens with two attached hydrogens (primary N) is 1. The van der Waals surface area contributed by atoms with Crippen LogP contribution in [0.3, 0.4) is 0 Å². The third kappa shape index (κ3) is 4.42. The molecule has 1 aliphatic heterocycles. The second-order valence-corrected chi connectivity index (χ2v) is 6.08. The predicted molar refractivity (Wildman–Crippen MR) is 76.7 cm³/mol. The highest BCUT2D eigenvalue weighted by Gasteiger charge is 2.30. The Balaban J connectivity index is 1.81. The van der Waals surface area contributed by atoms with Crippen LogP contribution in [0.5, 0.6) is 0 Å². The van der Waals surface area contributed by atoms with Gasteiger partial charge in [-0.15, -0.1) is 0 Å². The van der Waals surface area contributed by atoms with Gasteiger partial charge in [0.15, 0.2) is 0 Å². The van der Waals surface area contributed by atoms with Gasteiger partial charge in [-0.3, -0.25) is 11.3 Å². The van der Waals surface area contributed by atoms with Gasteiger partial charge in [0.1, 0.15) is 0 Å². The summed E-state index contributed by atoms with van der Waals surface area (Å²) in [5.74, 6) is 6.44. The van der Waals surface area contributed by atoms with E-state index in [1.165, 1.54) is 44.9 Å². The standard InChI is InChI=1S/C15H30N2O2/c1-18-15(12-6-3-2-4-7-12)14(17-16)10-9-13-8-5-11-19-13/h12-15,17H,2-11,16H2,1H3. The summed E-state index contributed by atoms with van der Waals surface area (Å²) >= 11 is 0. The number of hydrogen-bond donors (Lipinski definition) is 2. The second-order valence-electron chi connectivity index (χ2n) is 6.08. The number of methoxy groups -OCH3 is 1. The zero-order chi connectivity index (χ0) is 13.5. The molecule has 0 spiro atoms. The van der Waals surface area contributed by atoms with Crippen LogP contribution in [0, 0.1) is 5.92 Å². The summed E-state index contributed by atoms with van der Waals surface area (Å²) in [4.78, 5) is 0. The smallest absolute Gasteiger partial charge is 0.0765 e. The molecule has 1 aliphatic carbocycles. The van der Waals surface area contributed by atoms with Gasteiger partial charge in [-0.05, 0) is 44.4 Å². The lowest BCUT2D eigenvalue weighted by Crippen LogP contribution is -2.48. The molecule has 0 amide bonds. The highest BCUT2D eigenvalue weighted by Crippen LogP contribution is 2.30. The van der Waals surface area contributed by atoms with E-state index in [1.807, 2.05) is 7.11 Å². The van der Waals surface area contributed by atoms with Crippen molar-refractivity contribution in [2.24, 2.45) is 11.8 Å². The molecule has 3 N–H and O–H groups in total. The lowest BCUT2D eigenvalue weighted by Gasteiger charge is -2.35. The van der Waals surface area contributed by atoms with Crippen LogP contribution in [-0.4, -0.2) is 32.0 Å². The molecule has 0 aromatic heterocycles. The monoisotopic (exact) mass is 270 g/mol. The van der Waals surface area contributed by atoms with E-state index in [1.54, 1.807) is 0 Å². The van der Waals surface area contributed by atoms with E-state index in [4.69, 9.17) is 15.3 Å². The highest BCUT2D eigenvalue weighted by atomic mass is 16.5. The molecule has 1 heterocycles. The SMILES string of the molecule is COC(C1CCCCC1)C(CCC1CCCO1)NN. The van der Waals surface area contributed by atoms with Gasteiger partial charge < -0.3 is 9.47 Å². The first-order valence-electron chi connectivity index (χ1n) is 7.95. The molecule has 1 saturated heterocycles. The Hall–Kier alpha value is -0.160. The molecular weight excluding hydrogens is 240 g/mol. The van der Waals surface area contributed by atoms with Crippen LogP contribution in [0.1, 0.15) is 57.8 Å². The van der Waals surface area contributed by atoms with E-state index in [0.29, 0.717) is 12.0 Å². The lowest BCUT2D eigenvalue weighted by atomic mass is 9.81. The quantitative estimate of drug-likeness (QED) is 0.551.